The van der Waals surface area contributed by atoms with E-state index < -0.39 is 0 Å². The third-order valence-corrected chi connectivity index (χ3v) is 3.15. The van der Waals surface area contributed by atoms with Crippen LogP contribution in [0.4, 0.5) is 0 Å². The second-order valence-electron chi connectivity index (χ2n) is 4.16. The molecule has 1 N–H and O–H groups in total. The van der Waals surface area contributed by atoms with Crippen LogP contribution in [0.15, 0.2) is 42.6 Å². The van der Waals surface area contributed by atoms with Crippen molar-refractivity contribution in [2.45, 2.75) is 6.92 Å². The highest BCUT2D eigenvalue weighted by Crippen LogP contribution is 2.29. The van der Waals surface area contributed by atoms with Crippen molar-refractivity contribution < 1.29 is 0 Å². The monoisotopic (exact) mass is 242 g/mol. The van der Waals surface area contributed by atoms with Crippen LogP contribution in [0, 0.1) is 6.92 Å². The minimum atomic E-state index is 0.705. The number of hydrogen-bond acceptors (Lipinski definition) is 1. The molecule has 17 heavy (non-hydrogen) atoms. The first kappa shape index (κ1) is 10.4. The average Bonchev–Trinajstić information content (AvgIpc) is 2.77. The smallest absolute Gasteiger partial charge is 0.0836 e. The highest BCUT2D eigenvalue weighted by atomic mass is 35.5. The minimum Gasteiger partial charge on any atom is -0.276 e. The maximum absolute atomic E-state index is 6.22. The first-order valence-electron chi connectivity index (χ1n) is 5.44. The molecule has 0 radical (unpaired) electrons. The Kier molecular flexibility index (Phi) is 2.37. The van der Waals surface area contributed by atoms with Gasteiger partial charge >= 0.3 is 0 Å². The highest BCUT2D eigenvalue weighted by molar-refractivity contribution is 6.35. The fraction of sp³-hybridized carbons (Fsp3) is 0.0714. The Morgan fingerprint density at radius 1 is 1.12 bits per heavy atom. The van der Waals surface area contributed by atoms with Crippen LogP contribution in [0.1, 0.15) is 5.56 Å². The molecular formula is C14H11ClN2. The van der Waals surface area contributed by atoms with E-state index in [-0.39, 0.29) is 0 Å². The summed E-state index contributed by atoms with van der Waals surface area (Å²) in [6.45, 7) is 2.08. The fourth-order valence-electron chi connectivity index (χ4n) is 2.01. The molecule has 0 unspecified atom stereocenters. The van der Waals surface area contributed by atoms with Gasteiger partial charge in [-0.3, -0.25) is 5.10 Å². The molecule has 0 aliphatic carbocycles. The molecule has 0 fully saturated rings. The van der Waals surface area contributed by atoms with Crippen LogP contribution in [0.2, 0.25) is 5.02 Å². The van der Waals surface area contributed by atoms with Gasteiger partial charge in [0.1, 0.15) is 0 Å². The molecule has 84 valence electrons. The number of aryl methyl sites for hydroxylation is 1. The van der Waals surface area contributed by atoms with Gasteiger partial charge in [-0.2, -0.15) is 5.10 Å². The van der Waals surface area contributed by atoms with Gasteiger partial charge in [0.05, 0.1) is 16.7 Å². The lowest BCUT2D eigenvalue weighted by atomic mass is 10.0. The van der Waals surface area contributed by atoms with Crippen LogP contribution in [0.25, 0.3) is 22.0 Å². The SMILES string of the molecule is Cc1cccc(-c2cc(Cl)c3[nH]ncc3c2)c1. The molecule has 0 aliphatic heterocycles. The molecule has 3 rings (SSSR count). The molecular weight excluding hydrogens is 232 g/mol. The summed E-state index contributed by atoms with van der Waals surface area (Å²) in [5.41, 5.74) is 4.43. The van der Waals surface area contributed by atoms with Crippen molar-refractivity contribution in [3.05, 3.63) is 53.2 Å². The van der Waals surface area contributed by atoms with E-state index >= 15 is 0 Å². The zero-order valence-electron chi connectivity index (χ0n) is 9.37. The van der Waals surface area contributed by atoms with Gasteiger partial charge in [0.2, 0.25) is 0 Å². The van der Waals surface area contributed by atoms with Gasteiger partial charge < -0.3 is 0 Å². The molecule has 1 aromatic heterocycles. The van der Waals surface area contributed by atoms with Crippen LogP contribution in [-0.2, 0) is 0 Å². The van der Waals surface area contributed by atoms with Gasteiger partial charge in [0, 0.05) is 5.39 Å². The van der Waals surface area contributed by atoms with Crippen LogP contribution in [0.3, 0.4) is 0 Å². The summed E-state index contributed by atoms with van der Waals surface area (Å²) in [5, 5.41) is 8.64. The summed E-state index contributed by atoms with van der Waals surface area (Å²) in [6.07, 6.45) is 1.79. The summed E-state index contributed by atoms with van der Waals surface area (Å²) >= 11 is 6.22. The molecule has 0 atom stereocenters. The Balaban J connectivity index is 2.23. The van der Waals surface area contributed by atoms with Gasteiger partial charge in [-0.05, 0) is 30.2 Å². The summed E-state index contributed by atoms with van der Waals surface area (Å²) in [5.74, 6) is 0. The number of H-pyrrole nitrogens is 1. The second-order valence-corrected chi connectivity index (χ2v) is 4.57. The molecule has 0 amide bonds. The normalized spacial score (nSPS) is 10.9. The number of halogens is 1. The molecule has 0 saturated carbocycles. The Bertz CT molecular complexity index is 686. The number of aromatic amines is 1. The molecule has 3 heteroatoms. The topological polar surface area (TPSA) is 28.7 Å². The lowest BCUT2D eigenvalue weighted by Crippen LogP contribution is -1.81. The Morgan fingerprint density at radius 3 is 2.82 bits per heavy atom. The van der Waals surface area contributed by atoms with E-state index in [1.165, 1.54) is 11.1 Å². The molecule has 2 aromatic carbocycles. The van der Waals surface area contributed by atoms with Crippen molar-refractivity contribution in [1.82, 2.24) is 10.2 Å². The van der Waals surface area contributed by atoms with Crippen LogP contribution in [0.5, 0.6) is 0 Å². The van der Waals surface area contributed by atoms with E-state index in [2.05, 4.69) is 47.5 Å². The zero-order valence-corrected chi connectivity index (χ0v) is 10.1. The molecule has 0 aliphatic rings. The van der Waals surface area contributed by atoms with Gasteiger partial charge in [-0.15, -0.1) is 0 Å². The number of rotatable bonds is 1. The van der Waals surface area contributed by atoms with Gasteiger partial charge in [0.25, 0.3) is 0 Å². The summed E-state index contributed by atoms with van der Waals surface area (Å²) in [6, 6.07) is 12.4. The number of fused-ring (bicyclic) bond motifs is 1. The molecule has 0 spiro atoms. The van der Waals surface area contributed by atoms with Crippen molar-refractivity contribution >= 4 is 22.5 Å². The zero-order chi connectivity index (χ0) is 11.8. The summed E-state index contributed by atoms with van der Waals surface area (Å²) in [4.78, 5) is 0. The van der Waals surface area contributed by atoms with Crippen molar-refractivity contribution in [3.8, 4) is 11.1 Å². The van der Waals surface area contributed by atoms with Crippen LogP contribution >= 0.6 is 11.6 Å². The fourth-order valence-corrected chi connectivity index (χ4v) is 2.27. The predicted molar refractivity (Wildman–Crippen MR) is 71.3 cm³/mol. The number of nitrogens with one attached hydrogen (secondary N) is 1. The first-order valence-corrected chi connectivity index (χ1v) is 5.81. The highest BCUT2D eigenvalue weighted by Gasteiger charge is 2.05. The van der Waals surface area contributed by atoms with E-state index in [1.807, 2.05) is 6.07 Å². The van der Waals surface area contributed by atoms with E-state index in [0.717, 1.165) is 16.5 Å². The number of nitrogens with zero attached hydrogens (tertiary/aromatic N) is 1. The van der Waals surface area contributed by atoms with E-state index in [1.54, 1.807) is 6.20 Å². The lowest BCUT2D eigenvalue weighted by Gasteiger charge is -2.04. The predicted octanol–water partition coefficient (Wildman–Crippen LogP) is 4.19. The number of aromatic nitrogens is 2. The van der Waals surface area contributed by atoms with Gasteiger partial charge in [-0.25, -0.2) is 0 Å². The number of hydrogen-bond donors (Lipinski definition) is 1. The van der Waals surface area contributed by atoms with Crippen molar-refractivity contribution in [3.63, 3.8) is 0 Å². The van der Waals surface area contributed by atoms with Crippen molar-refractivity contribution in [2.24, 2.45) is 0 Å². The molecule has 0 saturated heterocycles. The Labute approximate surface area is 104 Å². The Hall–Kier alpha value is -1.80. The molecule has 3 aromatic rings. The van der Waals surface area contributed by atoms with E-state index in [9.17, 15) is 0 Å². The summed E-state index contributed by atoms with van der Waals surface area (Å²) < 4.78 is 0. The third kappa shape index (κ3) is 1.81. The van der Waals surface area contributed by atoms with Gasteiger partial charge in [-0.1, -0.05) is 41.4 Å². The third-order valence-electron chi connectivity index (χ3n) is 2.85. The maximum Gasteiger partial charge on any atom is 0.0836 e. The summed E-state index contributed by atoms with van der Waals surface area (Å²) in [7, 11) is 0. The minimum absolute atomic E-state index is 0.705. The molecule has 1 heterocycles. The first-order chi connectivity index (χ1) is 8.24. The van der Waals surface area contributed by atoms with Crippen molar-refractivity contribution in [1.29, 1.82) is 0 Å². The largest absolute Gasteiger partial charge is 0.276 e. The van der Waals surface area contributed by atoms with Crippen LogP contribution in [-0.4, -0.2) is 10.2 Å². The number of benzene rings is 2. The maximum atomic E-state index is 6.22. The molecule has 0 bridgehead atoms. The Morgan fingerprint density at radius 2 is 2.00 bits per heavy atom. The van der Waals surface area contributed by atoms with Crippen molar-refractivity contribution in [2.75, 3.05) is 0 Å². The lowest BCUT2D eigenvalue weighted by molar-refractivity contribution is 1.12. The van der Waals surface area contributed by atoms with E-state index in [4.69, 9.17) is 11.6 Å². The van der Waals surface area contributed by atoms with E-state index in [0.29, 0.717) is 5.02 Å². The van der Waals surface area contributed by atoms with Crippen LogP contribution < -0.4 is 0 Å². The molecule has 2 nitrogen and oxygen atoms in total. The quantitative estimate of drug-likeness (QED) is 0.681. The second kappa shape index (κ2) is 3.90. The average molecular weight is 243 g/mol. The van der Waals surface area contributed by atoms with Gasteiger partial charge in [0.15, 0.2) is 0 Å². The standard InChI is InChI=1S/C14H11ClN2/c1-9-3-2-4-10(5-9)11-6-12-8-16-17-14(12)13(15)7-11/h2-8H,1H3,(H,16,17).